The summed E-state index contributed by atoms with van der Waals surface area (Å²) in [6.07, 6.45) is 1.26. The molecule has 0 aliphatic carbocycles. The standard InChI is InChI=1S/C18H17NO2S/c1-2-17(21)19-15(12-20)14-10-6-7-11-16(14)22-18(19)13-8-4-3-5-9-13/h3-12,15,18H,2H2,1H3. The average Bonchev–Trinajstić information content (AvgIpc) is 2.60. The highest BCUT2D eigenvalue weighted by Crippen LogP contribution is 2.49. The van der Waals surface area contributed by atoms with Crippen LogP contribution in [-0.2, 0) is 9.59 Å². The van der Waals surface area contributed by atoms with Gasteiger partial charge >= 0.3 is 0 Å². The highest BCUT2D eigenvalue weighted by atomic mass is 32.2. The number of hydrogen-bond donors (Lipinski definition) is 0. The lowest BCUT2D eigenvalue weighted by molar-refractivity contribution is -0.137. The number of thioether (sulfide) groups is 1. The number of benzene rings is 2. The third kappa shape index (κ3) is 2.55. The SMILES string of the molecule is CCC(=O)N1C(C=O)c2ccccc2SC1c1ccccc1. The number of hydrogen-bond acceptors (Lipinski definition) is 3. The van der Waals surface area contributed by atoms with Gasteiger partial charge in [-0.1, -0.05) is 67.2 Å². The van der Waals surface area contributed by atoms with E-state index in [1.165, 1.54) is 0 Å². The summed E-state index contributed by atoms with van der Waals surface area (Å²) >= 11 is 1.63. The summed E-state index contributed by atoms with van der Waals surface area (Å²) in [5.41, 5.74) is 1.95. The van der Waals surface area contributed by atoms with Crippen LogP contribution in [-0.4, -0.2) is 17.1 Å². The Kier molecular flexibility index (Phi) is 4.29. The van der Waals surface area contributed by atoms with Gasteiger partial charge in [-0.2, -0.15) is 0 Å². The maximum absolute atomic E-state index is 12.5. The maximum Gasteiger partial charge on any atom is 0.224 e. The Balaban J connectivity index is 2.12. The number of carbonyl (C=O) groups is 2. The summed E-state index contributed by atoms with van der Waals surface area (Å²) in [5, 5.41) is -0.168. The molecule has 2 atom stereocenters. The van der Waals surface area contributed by atoms with E-state index in [9.17, 15) is 9.59 Å². The summed E-state index contributed by atoms with van der Waals surface area (Å²) in [6.45, 7) is 1.83. The van der Waals surface area contributed by atoms with Crippen LogP contribution in [0.1, 0.15) is 35.9 Å². The fourth-order valence-electron chi connectivity index (χ4n) is 2.76. The molecular formula is C18H17NO2S. The van der Waals surface area contributed by atoms with E-state index in [2.05, 4.69) is 0 Å². The van der Waals surface area contributed by atoms with E-state index < -0.39 is 6.04 Å². The molecule has 4 heteroatoms. The van der Waals surface area contributed by atoms with Crippen molar-refractivity contribution < 1.29 is 9.59 Å². The first-order valence-electron chi connectivity index (χ1n) is 7.33. The second kappa shape index (κ2) is 6.36. The summed E-state index contributed by atoms with van der Waals surface area (Å²) < 4.78 is 0. The molecule has 0 aromatic heterocycles. The van der Waals surface area contributed by atoms with Crippen LogP contribution in [0.15, 0.2) is 59.5 Å². The lowest BCUT2D eigenvalue weighted by atomic mass is 10.0. The van der Waals surface area contributed by atoms with Crippen LogP contribution in [0.3, 0.4) is 0 Å². The number of aldehydes is 1. The number of amides is 1. The lowest BCUT2D eigenvalue weighted by Crippen LogP contribution is -2.39. The molecule has 1 heterocycles. The zero-order chi connectivity index (χ0) is 15.5. The minimum atomic E-state index is -0.518. The van der Waals surface area contributed by atoms with E-state index in [4.69, 9.17) is 0 Å². The van der Waals surface area contributed by atoms with Gasteiger partial charge in [-0.05, 0) is 17.2 Å². The molecule has 0 N–H and O–H groups in total. The van der Waals surface area contributed by atoms with Crippen LogP contribution >= 0.6 is 11.8 Å². The van der Waals surface area contributed by atoms with Gasteiger partial charge < -0.3 is 9.69 Å². The van der Waals surface area contributed by atoms with Crippen molar-refractivity contribution in [3.63, 3.8) is 0 Å². The fourth-order valence-corrected chi connectivity index (χ4v) is 4.14. The van der Waals surface area contributed by atoms with Crippen LogP contribution in [0.25, 0.3) is 0 Å². The molecule has 0 saturated carbocycles. The molecule has 2 aromatic rings. The number of fused-ring (bicyclic) bond motifs is 1. The van der Waals surface area contributed by atoms with Crippen molar-refractivity contribution in [2.45, 2.75) is 29.7 Å². The van der Waals surface area contributed by atoms with E-state index >= 15 is 0 Å². The average molecular weight is 311 g/mol. The number of carbonyl (C=O) groups excluding carboxylic acids is 2. The third-order valence-electron chi connectivity index (χ3n) is 3.83. The van der Waals surface area contributed by atoms with E-state index in [0.717, 1.165) is 22.3 Å². The minimum absolute atomic E-state index is 0.00652. The van der Waals surface area contributed by atoms with Crippen molar-refractivity contribution in [2.75, 3.05) is 0 Å². The normalized spacial score (nSPS) is 20.3. The minimum Gasteiger partial charge on any atom is -0.312 e. The molecule has 2 aromatic carbocycles. The summed E-state index contributed by atoms with van der Waals surface area (Å²) in [5.74, 6) is -0.00652. The Morgan fingerprint density at radius 2 is 1.82 bits per heavy atom. The molecule has 0 bridgehead atoms. The van der Waals surface area contributed by atoms with Crippen LogP contribution in [0.4, 0.5) is 0 Å². The first-order valence-corrected chi connectivity index (χ1v) is 8.21. The third-order valence-corrected chi connectivity index (χ3v) is 5.18. The first kappa shape index (κ1) is 14.9. The quantitative estimate of drug-likeness (QED) is 0.805. The van der Waals surface area contributed by atoms with Crippen LogP contribution in [0, 0.1) is 0 Å². The van der Waals surface area contributed by atoms with Crippen LogP contribution < -0.4 is 0 Å². The van der Waals surface area contributed by atoms with Crippen LogP contribution in [0.2, 0.25) is 0 Å². The molecule has 0 radical (unpaired) electrons. The van der Waals surface area contributed by atoms with Gasteiger partial charge in [0.2, 0.25) is 5.91 Å². The molecule has 1 aliphatic rings. The second-order valence-corrected chi connectivity index (χ2v) is 6.28. The highest BCUT2D eigenvalue weighted by molar-refractivity contribution is 7.99. The molecule has 0 spiro atoms. The van der Waals surface area contributed by atoms with Crippen LogP contribution in [0.5, 0.6) is 0 Å². The number of rotatable bonds is 3. The Hall–Kier alpha value is -2.07. The van der Waals surface area contributed by atoms with Crippen molar-refractivity contribution in [3.05, 3.63) is 65.7 Å². The van der Waals surface area contributed by atoms with Gasteiger partial charge in [0.05, 0.1) is 0 Å². The maximum atomic E-state index is 12.5. The zero-order valence-corrected chi connectivity index (χ0v) is 13.1. The monoisotopic (exact) mass is 311 g/mol. The molecule has 0 fully saturated rings. The van der Waals surface area contributed by atoms with Gasteiger partial charge in [-0.25, -0.2) is 0 Å². The topological polar surface area (TPSA) is 37.4 Å². The Morgan fingerprint density at radius 1 is 1.14 bits per heavy atom. The molecule has 1 aliphatic heterocycles. The van der Waals surface area contributed by atoms with Crippen molar-refractivity contribution in [2.24, 2.45) is 0 Å². The first-order chi connectivity index (χ1) is 10.8. The molecular weight excluding hydrogens is 294 g/mol. The zero-order valence-electron chi connectivity index (χ0n) is 12.3. The molecule has 2 unspecified atom stereocenters. The predicted octanol–water partition coefficient (Wildman–Crippen LogP) is 3.97. The predicted molar refractivity (Wildman–Crippen MR) is 87.4 cm³/mol. The second-order valence-electron chi connectivity index (χ2n) is 5.15. The highest BCUT2D eigenvalue weighted by Gasteiger charge is 2.37. The van der Waals surface area contributed by atoms with E-state index in [0.29, 0.717) is 6.42 Å². The van der Waals surface area contributed by atoms with E-state index in [1.54, 1.807) is 16.7 Å². The molecule has 0 saturated heterocycles. The lowest BCUT2D eigenvalue weighted by Gasteiger charge is -2.40. The van der Waals surface area contributed by atoms with Gasteiger partial charge in [0.15, 0.2) is 0 Å². The van der Waals surface area contributed by atoms with Crippen molar-refractivity contribution in [3.8, 4) is 0 Å². The number of nitrogens with zero attached hydrogens (tertiary/aromatic N) is 1. The van der Waals surface area contributed by atoms with Gasteiger partial charge in [0, 0.05) is 11.3 Å². The smallest absolute Gasteiger partial charge is 0.224 e. The Bertz CT molecular complexity index is 686. The molecule has 22 heavy (non-hydrogen) atoms. The van der Waals surface area contributed by atoms with Gasteiger partial charge in [-0.15, -0.1) is 0 Å². The molecule has 3 nitrogen and oxygen atoms in total. The molecule has 112 valence electrons. The van der Waals surface area contributed by atoms with Gasteiger partial charge in [-0.3, -0.25) is 4.79 Å². The van der Waals surface area contributed by atoms with Gasteiger partial charge in [0.1, 0.15) is 17.7 Å². The fraction of sp³-hybridized carbons (Fsp3) is 0.222. The van der Waals surface area contributed by atoms with Crippen molar-refractivity contribution >= 4 is 24.0 Å². The van der Waals surface area contributed by atoms with E-state index in [-0.39, 0.29) is 11.3 Å². The molecule has 3 rings (SSSR count). The Morgan fingerprint density at radius 3 is 2.50 bits per heavy atom. The van der Waals surface area contributed by atoms with E-state index in [1.807, 2.05) is 61.5 Å². The molecule has 1 amide bonds. The summed E-state index contributed by atoms with van der Waals surface area (Å²) in [7, 11) is 0. The summed E-state index contributed by atoms with van der Waals surface area (Å²) in [4.78, 5) is 27.0. The largest absolute Gasteiger partial charge is 0.312 e. The van der Waals surface area contributed by atoms with Gasteiger partial charge in [0.25, 0.3) is 0 Å². The van der Waals surface area contributed by atoms with Crippen molar-refractivity contribution in [1.29, 1.82) is 0 Å². The van der Waals surface area contributed by atoms with Crippen molar-refractivity contribution in [1.82, 2.24) is 4.90 Å². The summed E-state index contributed by atoms with van der Waals surface area (Å²) in [6, 6.07) is 17.2. The Labute approximate surface area is 134 Å².